The van der Waals surface area contributed by atoms with Gasteiger partial charge in [0.05, 0.1) is 0 Å². The molecule has 1 saturated carbocycles. The molecule has 1 amide bonds. The van der Waals surface area contributed by atoms with Crippen LogP contribution in [0, 0.1) is 5.92 Å². The molecule has 1 N–H and O–H groups in total. The van der Waals surface area contributed by atoms with Gasteiger partial charge in [-0.1, -0.05) is 43.9 Å². The number of hydrogen-bond acceptors (Lipinski definition) is 5. The zero-order valence-electron chi connectivity index (χ0n) is 16.9. The maximum atomic E-state index is 12.7. The monoisotopic (exact) mass is 394 g/mol. The van der Waals surface area contributed by atoms with E-state index < -0.39 is 0 Å². The minimum atomic E-state index is 0.108. The highest BCUT2D eigenvalue weighted by atomic mass is 16.5. The van der Waals surface area contributed by atoms with Crippen molar-refractivity contribution in [2.24, 2.45) is 5.92 Å². The number of aromatic nitrogens is 2. The van der Waals surface area contributed by atoms with Gasteiger partial charge in [0.25, 0.3) is 0 Å². The van der Waals surface area contributed by atoms with E-state index in [2.05, 4.69) is 20.2 Å². The molecule has 0 atom stereocenters. The van der Waals surface area contributed by atoms with E-state index in [4.69, 9.17) is 4.74 Å². The third-order valence-corrected chi connectivity index (χ3v) is 5.98. The van der Waals surface area contributed by atoms with Gasteiger partial charge in [0.2, 0.25) is 11.8 Å². The zero-order valence-corrected chi connectivity index (χ0v) is 16.9. The van der Waals surface area contributed by atoms with Crippen LogP contribution in [0.4, 0.5) is 5.82 Å². The molecule has 1 saturated heterocycles. The van der Waals surface area contributed by atoms with Gasteiger partial charge in [-0.2, -0.15) is 0 Å². The largest absolute Gasteiger partial charge is 0.439 e. The number of carbonyl (C=O) groups excluding carboxylic acids is 1. The van der Waals surface area contributed by atoms with Gasteiger partial charge >= 0.3 is 0 Å². The van der Waals surface area contributed by atoms with Crippen LogP contribution in [0.3, 0.4) is 0 Å². The smallest absolute Gasteiger partial charge is 0.224 e. The van der Waals surface area contributed by atoms with Crippen LogP contribution in [0.2, 0.25) is 0 Å². The van der Waals surface area contributed by atoms with E-state index in [0.717, 1.165) is 50.3 Å². The quantitative estimate of drug-likeness (QED) is 0.765. The molecule has 2 fully saturated rings. The molecule has 2 aliphatic rings. The van der Waals surface area contributed by atoms with Crippen LogP contribution in [0.5, 0.6) is 11.6 Å². The van der Waals surface area contributed by atoms with Crippen molar-refractivity contribution in [3.05, 3.63) is 42.7 Å². The van der Waals surface area contributed by atoms with Crippen LogP contribution in [0.1, 0.15) is 51.4 Å². The molecular formula is C23H30N4O2. The van der Waals surface area contributed by atoms with Crippen LogP contribution in [0.25, 0.3) is 0 Å². The highest BCUT2D eigenvalue weighted by Gasteiger charge is 2.27. The average Bonchev–Trinajstić information content (AvgIpc) is 3.03. The summed E-state index contributed by atoms with van der Waals surface area (Å²) in [6.45, 7) is 1.65. The minimum absolute atomic E-state index is 0.108. The summed E-state index contributed by atoms with van der Waals surface area (Å²) < 4.78 is 5.82. The van der Waals surface area contributed by atoms with Crippen LogP contribution in [0.15, 0.2) is 42.7 Å². The first-order valence-corrected chi connectivity index (χ1v) is 10.9. The molecule has 6 heteroatoms. The maximum Gasteiger partial charge on any atom is 0.224 e. The summed E-state index contributed by atoms with van der Waals surface area (Å²) in [5.74, 6) is 2.50. The summed E-state index contributed by atoms with van der Waals surface area (Å²) >= 11 is 0. The van der Waals surface area contributed by atoms with Gasteiger partial charge in [-0.3, -0.25) is 4.79 Å². The molecule has 1 aliphatic heterocycles. The Balaban J connectivity index is 1.30. The van der Waals surface area contributed by atoms with Gasteiger partial charge in [-0.15, -0.1) is 0 Å². The van der Waals surface area contributed by atoms with Gasteiger partial charge in [-0.05, 0) is 37.8 Å². The average molecular weight is 395 g/mol. The van der Waals surface area contributed by atoms with E-state index in [0.29, 0.717) is 11.9 Å². The number of anilines is 1. The fourth-order valence-corrected chi connectivity index (χ4v) is 4.28. The van der Waals surface area contributed by atoms with Crippen LogP contribution < -0.4 is 15.0 Å². The van der Waals surface area contributed by atoms with E-state index in [9.17, 15) is 4.79 Å². The molecule has 29 heavy (non-hydrogen) atoms. The second-order valence-electron chi connectivity index (χ2n) is 8.09. The first-order chi connectivity index (χ1) is 14.3. The second kappa shape index (κ2) is 9.72. The molecule has 0 spiro atoms. The lowest BCUT2D eigenvalue weighted by atomic mass is 9.95. The summed E-state index contributed by atoms with van der Waals surface area (Å²) in [7, 11) is 0. The summed E-state index contributed by atoms with van der Waals surface area (Å²) in [4.78, 5) is 23.6. The van der Waals surface area contributed by atoms with E-state index >= 15 is 0 Å². The molecule has 6 nitrogen and oxygen atoms in total. The topological polar surface area (TPSA) is 67.4 Å². The number of amides is 1. The standard InChI is InChI=1S/C23H30N4O2/c28-23(26-19-8-4-1-2-5-9-19)18-12-14-27(15-13-18)21-16-22(25-17-24-21)29-20-10-6-3-7-11-20/h3,6-7,10-11,16-19H,1-2,4-5,8-9,12-15H2,(H,26,28). The Morgan fingerprint density at radius 1 is 0.966 bits per heavy atom. The molecule has 1 aromatic carbocycles. The number of benzene rings is 1. The first kappa shape index (κ1) is 19.7. The number of nitrogens with zero attached hydrogens (tertiary/aromatic N) is 3. The molecule has 0 bridgehead atoms. The molecule has 2 aromatic rings. The number of piperidine rings is 1. The maximum absolute atomic E-state index is 12.7. The molecular weight excluding hydrogens is 364 g/mol. The van der Waals surface area contributed by atoms with Gasteiger partial charge in [0.15, 0.2) is 0 Å². The van der Waals surface area contributed by atoms with Crippen LogP contribution in [-0.2, 0) is 4.79 Å². The number of rotatable bonds is 5. The van der Waals surface area contributed by atoms with Crippen molar-refractivity contribution in [3.8, 4) is 11.6 Å². The van der Waals surface area contributed by atoms with Crippen molar-refractivity contribution >= 4 is 11.7 Å². The third-order valence-electron chi connectivity index (χ3n) is 5.98. The lowest BCUT2D eigenvalue weighted by Crippen LogP contribution is -2.44. The molecule has 2 heterocycles. The van der Waals surface area contributed by atoms with Crippen molar-refractivity contribution < 1.29 is 9.53 Å². The summed E-state index contributed by atoms with van der Waals surface area (Å²) in [6.07, 6.45) is 10.6. The summed E-state index contributed by atoms with van der Waals surface area (Å²) in [5, 5.41) is 3.32. The van der Waals surface area contributed by atoms with Crippen molar-refractivity contribution in [2.45, 2.75) is 57.4 Å². The van der Waals surface area contributed by atoms with Crippen LogP contribution in [-0.4, -0.2) is 35.0 Å². The first-order valence-electron chi connectivity index (χ1n) is 10.9. The van der Waals surface area contributed by atoms with E-state index in [1.165, 1.54) is 25.7 Å². The predicted octanol–water partition coefficient (Wildman–Crippen LogP) is 4.32. The van der Waals surface area contributed by atoms with Gasteiger partial charge in [0.1, 0.15) is 17.9 Å². The van der Waals surface area contributed by atoms with Crippen LogP contribution >= 0.6 is 0 Å². The fourth-order valence-electron chi connectivity index (χ4n) is 4.28. The number of nitrogens with one attached hydrogen (secondary N) is 1. The minimum Gasteiger partial charge on any atom is -0.439 e. The van der Waals surface area contributed by atoms with Crippen molar-refractivity contribution in [3.63, 3.8) is 0 Å². The van der Waals surface area contributed by atoms with E-state index in [1.54, 1.807) is 6.33 Å². The molecule has 154 valence electrons. The Kier molecular flexibility index (Phi) is 6.60. The number of para-hydroxylation sites is 1. The molecule has 0 unspecified atom stereocenters. The van der Waals surface area contributed by atoms with Gasteiger partial charge in [-0.25, -0.2) is 9.97 Å². The van der Waals surface area contributed by atoms with Crippen molar-refractivity contribution in [1.29, 1.82) is 0 Å². The lowest BCUT2D eigenvalue weighted by Gasteiger charge is -2.32. The number of hydrogen-bond donors (Lipinski definition) is 1. The highest BCUT2D eigenvalue weighted by molar-refractivity contribution is 5.79. The zero-order chi connectivity index (χ0) is 19.9. The van der Waals surface area contributed by atoms with Gasteiger partial charge in [0, 0.05) is 31.1 Å². The predicted molar refractivity (Wildman–Crippen MR) is 113 cm³/mol. The Bertz CT molecular complexity index is 782. The van der Waals surface area contributed by atoms with E-state index in [1.807, 2.05) is 36.4 Å². The molecule has 4 rings (SSSR count). The molecule has 1 aliphatic carbocycles. The Hall–Kier alpha value is -2.63. The number of carbonyl (C=O) groups is 1. The Labute approximate surface area is 172 Å². The number of ether oxygens (including phenoxy) is 1. The SMILES string of the molecule is O=C(NC1CCCCCC1)C1CCN(c2cc(Oc3ccccc3)ncn2)CC1. The normalized spacial score (nSPS) is 18.8. The summed E-state index contributed by atoms with van der Waals surface area (Å²) in [5.41, 5.74) is 0. The van der Waals surface area contributed by atoms with E-state index in [-0.39, 0.29) is 11.8 Å². The lowest BCUT2D eigenvalue weighted by molar-refractivity contribution is -0.126. The van der Waals surface area contributed by atoms with Gasteiger partial charge < -0.3 is 15.0 Å². The summed E-state index contributed by atoms with van der Waals surface area (Å²) in [6, 6.07) is 11.9. The van der Waals surface area contributed by atoms with Crippen molar-refractivity contribution in [2.75, 3.05) is 18.0 Å². The molecule has 0 radical (unpaired) electrons. The third kappa shape index (κ3) is 5.46. The van der Waals surface area contributed by atoms with Crippen molar-refractivity contribution in [1.82, 2.24) is 15.3 Å². The fraction of sp³-hybridized carbons (Fsp3) is 0.522. The molecule has 1 aromatic heterocycles. The Morgan fingerprint density at radius 2 is 1.69 bits per heavy atom. The second-order valence-corrected chi connectivity index (χ2v) is 8.09. The Morgan fingerprint density at radius 3 is 2.41 bits per heavy atom. The highest BCUT2D eigenvalue weighted by Crippen LogP contribution is 2.26.